The Hall–Kier alpha value is -1.46. The van der Waals surface area contributed by atoms with E-state index in [0.29, 0.717) is 5.92 Å². The van der Waals surface area contributed by atoms with Crippen molar-refractivity contribution in [1.82, 2.24) is 14.8 Å². The highest BCUT2D eigenvalue weighted by molar-refractivity contribution is 5.94. The fourth-order valence-corrected chi connectivity index (χ4v) is 4.10. The third-order valence-electron chi connectivity index (χ3n) is 5.44. The number of rotatable bonds is 3. The van der Waals surface area contributed by atoms with Crippen LogP contribution in [0.4, 0.5) is 0 Å². The number of carbonyl (C=O) groups excluding carboxylic acids is 1. The first kappa shape index (κ1) is 16.0. The van der Waals surface area contributed by atoms with Gasteiger partial charge in [-0.2, -0.15) is 0 Å². The van der Waals surface area contributed by atoms with Gasteiger partial charge in [-0.15, -0.1) is 0 Å². The first-order valence-electron chi connectivity index (χ1n) is 9.17. The van der Waals surface area contributed by atoms with Gasteiger partial charge in [-0.3, -0.25) is 9.78 Å². The molecule has 1 saturated carbocycles. The quantitative estimate of drug-likeness (QED) is 0.849. The molecule has 5 nitrogen and oxygen atoms in total. The van der Waals surface area contributed by atoms with E-state index < -0.39 is 0 Å². The van der Waals surface area contributed by atoms with E-state index in [1.54, 1.807) is 0 Å². The molecule has 1 aliphatic carbocycles. The number of amides is 1. The van der Waals surface area contributed by atoms with Crippen LogP contribution in [0.15, 0.2) is 12.1 Å². The molecule has 2 aliphatic heterocycles. The van der Waals surface area contributed by atoms with Gasteiger partial charge in [0.15, 0.2) is 0 Å². The molecule has 3 fully saturated rings. The molecule has 3 heterocycles. The molecule has 0 spiro atoms. The van der Waals surface area contributed by atoms with Crippen LogP contribution in [0.3, 0.4) is 0 Å². The van der Waals surface area contributed by atoms with Crippen molar-refractivity contribution in [3.63, 3.8) is 0 Å². The number of hydrogen-bond donors (Lipinski definition) is 0. The minimum absolute atomic E-state index is 0.119. The van der Waals surface area contributed by atoms with Crippen molar-refractivity contribution >= 4 is 5.91 Å². The van der Waals surface area contributed by atoms with Gasteiger partial charge in [-0.25, -0.2) is 0 Å². The summed E-state index contributed by atoms with van der Waals surface area (Å²) in [5.41, 5.74) is 2.56. The largest absolute Gasteiger partial charge is 0.375 e. The third-order valence-corrected chi connectivity index (χ3v) is 5.44. The third kappa shape index (κ3) is 3.47. The minimum Gasteiger partial charge on any atom is -0.375 e. The molecule has 2 saturated heterocycles. The Morgan fingerprint density at radius 2 is 1.96 bits per heavy atom. The number of likely N-dealkylation sites (tertiary alicyclic amines) is 1. The van der Waals surface area contributed by atoms with Crippen molar-refractivity contribution in [3.8, 4) is 0 Å². The van der Waals surface area contributed by atoms with Gasteiger partial charge in [-0.05, 0) is 44.7 Å². The van der Waals surface area contributed by atoms with Crippen LogP contribution < -0.4 is 0 Å². The number of ether oxygens (including phenoxy) is 1. The monoisotopic (exact) mass is 329 g/mol. The number of carbonyl (C=O) groups is 1. The molecule has 0 bridgehead atoms. The van der Waals surface area contributed by atoms with Gasteiger partial charge in [0.05, 0.1) is 12.7 Å². The van der Waals surface area contributed by atoms with Crippen LogP contribution in [0.2, 0.25) is 0 Å². The van der Waals surface area contributed by atoms with Crippen LogP contribution in [0.25, 0.3) is 0 Å². The van der Waals surface area contributed by atoms with Crippen LogP contribution in [0.5, 0.6) is 0 Å². The molecule has 24 heavy (non-hydrogen) atoms. The fourth-order valence-electron chi connectivity index (χ4n) is 4.10. The number of pyridine rings is 1. The smallest absolute Gasteiger partial charge is 0.254 e. The number of nitrogens with zero attached hydrogens (tertiary/aromatic N) is 3. The van der Waals surface area contributed by atoms with E-state index in [9.17, 15) is 4.79 Å². The Labute approximate surface area is 144 Å². The SMILES string of the molecule is Cc1cc(C(=O)N2C[C@H]3CN(CC4CC4)CCO[C@H]3C2)cc(C)n1. The molecular formula is C19H27N3O2. The second-order valence-corrected chi connectivity index (χ2v) is 7.72. The Morgan fingerprint density at radius 1 is 1.21 bits per heavy atom. The summed E-state index contributed by atoms with van der Waals surface area (Å²) in [7, 11) is 0. The predicted molar refractivity (Wildman–Crippen MR) is 92.0 cm³/mol. The van der Waals surface area contributed by atoms with Crippen molar-refractivity contribution in [1.29, 1.82) is 0 Å². The topological polar surface area (TPSA) is 45.7 Å². The van der Waals surface area contributed by atoms with Crippen LogP contribution in [-0.2, 0) is 4.74 Å². The summed E-state index contributed by atoms with van der Waals surface area (Å²) in [6.45, 7) is 9.53. The van der Waals surface area contributed by atoms with E-state index in [-0.39, 0.29) is 12.0 Å². The minimum atomic E-state index is 0.119. The summed E-state index contributed by atoms with van der Waals surface area (Å²) in [6.07, 6.45) is 2.97. The Balaban J connectivity index is 1.43. The molecule has 5 heteroatoms. The lowest BCUT2D eigenvalue weighted by atomic mass is 10.1. The molecule has 1 aromatic heterocycles. The summed E-state index contributed by atoms with van der Waals surface area (Å²) in [5.74, 6) is 1.47. The Morgan fingerprint density at radius 3 is 2.67 bits per heavy atom. The summed E-state index contributed by atoms with van der Waals surface area (Å²) < 4.78 is 6.07. The predicted octanol–water partition coefficient (Wildman–Crippen LogP) is 1.88. The van der Waals surface area contributed by atoms with Crippen molar-refractivity contribution in [2.24, 2.45) is 11.8 Å². The zero-order chi connectivity index (χ0) is 16.7. The summed E-state index contributed by atoms with van der Waals surface area (Å²) in [6, 6.07) is 3.79. The van der Waals surface area contributed by atoms with Crippen molar-refractivity contribution in [2.75, 3.05) is 39.3 Å². The van der Waals surface area contributed by atoms with E-state index in [1.165, 1.54) is 19.4 Å². The molecule has 3 aliphatic rings. The second kappa shape index (κ2) is 6.45. The highest BCUT2D eigenvalue weighted by Gasteiger charge is 2.39. The van der Waals surface area contributed by atoms with Gasteiger partial charge in [0.1, 0.15) is 0 Å². The van der Waals surface area contributed by atoms with Gasteiger partial charge in [0, 0.05) is 55.6 Å². The lowest BCUT2D eigenvalue weighted by molar-refractivity contribution is 0.0484. The first-order valence-corrected chi connectivity index (χ1v) is 9.17. The summed E-state index contributed by atoms with van der Waals surface area (Å²) in [5, 5.41) is 0. The van der Waals surface area contributed by atoms with Crippen molar-refractivity contribution in [2.45, 2.75) is 32.8 Å². The van der Waals surface area contributed by atoms with Gasteiger partial charge in [0.25, 0.3) is 5.91 Å². The van der Waals surface area contributed by atoms with Crippen LogP contribution in [0.1, 0.15) is 34.6 Å². The fraction of sp³-hybridized carbons (Fsp3) is 0.684. The van der Waals surface area contributed by atoms with Crippen molar-refractivity contribution < 1.29 is 9.53 Å². The summed E-state index contributed by atoms with van der Waals surface area (Å²) >= 11 is 0. The molecular weight excluding hydrogens is 302 g/mol. The zero-order valence-electron chi connectivity index (χ0n) is 14.7. The highest BCUT2D eigenvalue weighted by Crippen LogP contribution is 2.32. The average molecular weight is 329 g/mol. The maximum absolute atomic E-state index is 12.9. The Bertz CT molecular complexity index is 609. The maximum Gasteiger partial charge on any atom is 0.254 e. The van der Waals surface area contributed by atoms with E-state index in [2.05, 4.69) is 9.88 Å². The van der Waals surface area contributed by atoms with Crippen LogP contribution in [-0.4, -0.2) is 66.1 Å². The van der Waals surface area contributed by atoms with Crippen molar-refractivity contribution in [3.05, 3.63) is 29.1 Å². The van der Waals surface area contributed by atoms with Gasteiger partial charge < -0.3 is 14.5 Å². The molecule has 0 radical (unpaired) electrons. The van der Waals surface area contributed by atoms with Gasteiger partial charge in [-0.1, -0.05) is 0 Å². The second-order valence-electron chi connectivity index (χ2n) is 7.72. The molecule has 2 atom stereocenters. The zero-order valence-corrected chi connectivity index (χ0v) is 14.7. The van der Waals surface area contributed by atoms with E-state index in [1.807, 2.05) is 30.9 Å². The lowest BCUT2D eigenvalue weighted by Gasteiger charge is -2.23. The van der Waals surface area contributed by atoms with Crippen LogP contribution >= 0.6 is 0 Å². The first-order chi connectivity index (χ1) is 11.6. The standard InChI is InChI=1S/C19H27N3O2/c1-13-7-16(8-14(2)20-13)19(23)22-11-17-10-21(9-15-3-4-15)5-6-24-18(17)12-22/h7-8,15,17-18H,3-6,9-12H2,1-2H3/t17-,18+/m1/s1. The number of fused-ring (bicyclic) bond motifs is 1. The van der Waals surface area contributed by atoms with E-state index >= 15 is 0 Å². The normalized spacial score (nSPS) is 27.8. The van der Waals surface area contributed by atoms with E-state index in [4.69, 9.17) is 4.74 Å². The average Bonchev–Trinajstić information content (AvgIpc) is 3.29. The molecule has 0 aromatic carbocycles. The highest BCUT2D eigenvalue weighted by atomic mass is 16.5. The Kier molecular flexibility index (Phi) is 4.31. The number of aromatic nitrogens is 1. The van der Waals surface area contributed by atoms with Crippen LogP contribution in [0, 0.1) is 25.7 Å². The lowest BCUT2D eigenvalue weighted by Crippen LogP contribution is -2.35. The van der Waals surface area contributed by atoms with Gasteiger partial charge >= 0.3 is 0 Å². The maximum atomic E-state index is 12.9. The summed E-state index contributed by atoms with van der Waals surface area (Å²) in [4.78, 5) is 21.8. The van der Waals surface area contributed by atoms with Gasteiger partial charge in [0.2, 0.25) is 0 Å². The molecule has 4 rings (SSSR count). The molecule has 1 amide bonds. The molecule has 130 valence electrons. The molecule has 0 unspecified atom stereocenters. The molecule has 1 aromatic rings. The number of aryl methyl sites for hydroxylation is 2. The molecule has 0 N–H and O–H groups in total. The van der Waals surface area contributed by atoms with E-state index in [0.717, 1.165) is 55.7 Å². The number of hydrogen-bond acceptors (Lipinski definition) is 4.